The standard InChI is InChI=1S/C12H26N2O3/c1-10(9-15)5-4-6-13-11(2)12(16)14-7-8-17-3/h10-11,13,15H,4-9H2,1-3H3,(H,14,16). The zero-order chi connectivity index (χ0) is 13.1. The van der Waals surface area contributed by atoms with Gasteiger partial charge in [0, 0.05) is 20.3 Å². The molecule has 17 heavy (non-hydrogen) atoms. The van der Waals surface area contributed by atoms with Gasteiger partial charge in [0.1, 0.15) is 0 Å². The Hall–Kier alpha value is -0.650. The molecule has 0 aromatic rings. The Bertz CT molecular complexity index is 200. The lowest BCUT2D eigenvalue weighted by atomic mass is 10.1. The third-order valence-electron chi connectivity index (χ3n) is 2.63. The molecule has 0 spiro atoms. The van der Waals surface area contributed by atoms with E-state index in [-0.39, 0.29) is 18.6 Å². The second-order valence-electron chi connectivity index (χ2n) is 4.39. The van der Waals surface area contributed by atoms with Crippen molar-refractivity contribution < 1.29 is 14.6 Å². The van der Waals surface area contributed by atoms with Crippen LogP contribution in [0.4, 0.5) is 0 Å². The minimum absolute atomic E-state index is 0.00254. The molecule has 3 N–H and O–H groups in total. The molecule has 0 radical (unpaired) electrons. The van der Waals surface area contributed by atoms with Gasteiger partial charge in [-0.05, 0) is 32.2 Å². The summed E-state index contributed by atoms with van der Waals surface area (Å²) in [5.74, 6) is 0.333. The Balaban J connectivity index is 3.50. The van der Waals surface area contributed by atoms with Crippen molar-refractivity contribution in [3.05, 3.63) is 0 Å². The summed E-state index contributed by atoms with van der Waals surface area (Å²) >= 11 is 0. The Labute approximate surface area is 104 Å². The molecule has 0 bridgehead atoms. The molecule has 0 saturated carbocycles. The average Bonchev–Trinajstić information content (AvgIpc) is 2.34. The van der Waals surface area contributed by atoms with Gasteiger partial charge in [-0.3, -0.25) is 4.79 Å². The Morgan fingerprint density at radius 3 is 2.65 bits per heavy atom. The maximum atomic E-state index is 11.5. The number of aliphatic hydroxyl groups excluding tert-OH is 1. The van der Waals surface area contributed by atoms with Gasteiger partial charge in [0.25, 0.3) is 0 Å². The highest BCUT2D eigenvalue weighted by Gasteiger charge is 2.10. The molecule has 0 aliphatic rings. The van der Waals surface area contributed by atoms with Crippen molar-refractivity contribution in [2.45, 2.75) is 32.7 Å². The monoisotopic (exact) mass is 246 g/mol. The van der Waals surface area contributed by atoms with E-state index < -0.39 is 0 Å². The van der Waals surface area contributed by atoms with Crippen LogP contribution in [-0.4, -0.2) is 50.5 Å². The lowest BCUT2D eigenvalue weighted by Crippen LogP contribution is -2.43. The number of rotatable bonds is 10. The molecule has 0 aliphatic carbocycles. The number of hydrogen-bond donors (Lipinski definition) is 3. The van der Waals surface area contributed by atoms with Crippen LogP contribution >= 0.6 is 0 Å². The smallest absolute Gasteiger partial charge is 0.236 e. The summed E-state index contributed by atoms with van der Waals surface area (Å²) in [5.41, 5.74) is 0. The minimum Gasteiger partial charge on any atom is -0.396 e. The van der Waals surface area contributed by atoms with E-state index in [2.05, 4.69) is 10.6 Å². The van der Waals surface area contributed by atoms with Gasteiger partial charge in [0.2, 0.25) is 5.91 Å². The molecular formula is C12H26N2O3. The van der Waals surface area contributed by atoms with Gasteiger partial charge in [0.05, 0.1) is 12.6 Å². The van der Waals surface area contributed by atoms with E-state index in [9.17, 15) is 4.79 Å². The molecule has 0 rings (SSSR count). The number of carbonyl (C=O) groups is 1. The number of carbonyl (C=O) groups excluding carboxylic acids is 1. The molecule has 0 heterocycles. The van der Waals surface area contributed by atoms with Crippen LogP contribution in [-0.2, 0) is 9.53 Å². The first kappa shape index (κ1) is 16.4. The van der Waals surface area contributed by atoms with Gasteiger partial charge in [-0.1, -0.05) is 6.92 Å². The predicted octanol–water partition coefficient (Wildman–Crippen LogP) is 0.136. The number of methoxy groups -OCH3 is 1. The van der Waals surface area contributed by atoms with Crippen molar-refractivity contribution >= 4 is 5.91 Å². The molecule has 2 unspecified atom stereocenters. The highest BCUT2D eigenvalue weighted by Crippen LogP contribution is 2.02. The van der Waals surface area contributed by atoms with E-state index in [1.807, 2.05) is 13.8 Å². The Morgan fingerprint density at radius 2 is 2.06 bits per heavy atom. The number of aliphatic hydroxyl groups is 1. The molecule has 1 amide bonds. The highest BCUT2D eigenvalue weighted by atomic mass is 16.5. The van der Waals surface area contributed by atoms with Crippen molar-refractivity contribution in [3.63, 3.8) is 0 Å². The lowest BCUT2D eigenvalue weighted by molar-refractivity contribution is -0.122. The molecule has 0 fully saturated rings. The third-order valence-corrected chi connectivity index (χ3v) is 2.63. The molecular weight excluding hydrogens is 220 g/mol. The normalized spacial score (nSPS) is 14.4. The van der Waals surface area contributed by atoms with Gasteiger partial charge in [-0.2, -0.15) is 0 Å². The van der Waals surface area contributed by atoms with E-state index >= 15 is 0 Å². The summed E-state index contributed by atoms with van der Waals surface area (Å²) in [4.78, 5) is 11.5. The molecule has 5 nitrogen and oxygen atoms in total. The Morgan fingerprint density at radius 1 is 1.35 bits per heavy atom. The van der Waals surface area contributed by atoms with Crippen LogP contribution in [0, 0.1) is 5.92 Å². The van der Waals surface area contributed by atoms with Crippen LogP contribution in [0.15, 0.2) is 0 Å². The van der Waals surface area contributed by atoms with Crippen molar-refractivity contribution in [2.24, 2.45) is 5.92 Å². The second kappa shape index (κ2) is 10.5. The molecule has 0 aliphatic heterocycles. The van der Waals surface area contributed by atoms with Crippen molar-refractivity contribution in [2.75, 3.05) is 33.4 Å². The topological polar surface area (TPSA) is 70.6 Å². The zero-order valence-corrected chi connectivity index (χ0v) is 11.2. The first-order valence-electron chi connectivity index (χ1n) is 6.22. The highest BCUT2D eigenvalue weighted by molar-refractivity contribution is 5.81. The van der Waals surface area contributed by atoms with Crippen LogP contribution in [0.5, 0.6) is 0 Å². The fourth-order valence-electron chi connectivity index (χ4n) is 1.38. The maximum absolute atomic E-state index is 11.5. The van der Waals surface area contributed by atoms with E-state index in [1.165, 1.54) is 0 Å². The number of nitrogens with one attached hydrogen (secondary N) is 2. The zero-order valence-electron chi connectivity index (χ0n) is 11.2. The van der Waals surface area contributed by atoms with Gasteiger partial charge in [0.15, 0.2) is 0 Å². The Kier molecular flexibility index (Phi) is 10.1. The van der Waals surface area contributed by atoms with E-state index in [0.29, 0.717) is 19.1 Å². The molecule has 0 aromatic carbocycles. The first-order valence-corrected chi connectivity index (χ1v) is 6.22. The average molecular weight is 246 g/mol. The summed E-state index contributed by atoms with van der Waals surface area (Å²) < 4.78 is 4.85. The van der Waals surface area contributed by atoms with Gasteiger partial charge in [-0.15, -0.1) is 0 Å². The van der Waals surface area contributed by atoms with E-state index in [4.69, 9.17) is 9.84 Å². The summed E-state index contributed by atoms with van der Waals surface area (Å²) in [6, 6.07) is -0.184. The lowest BCUT2D eigenvalue weighted by Gasteiger charge is -2.14. The van der Waals surface area contributed by atoms with Crippen molar-refractivity contribution in [1.82, 2.24) is 10.6 Å². The summed E-state index contributed by atoms with van der Waals surface area (Å²) in [7, 11) is 1.61. The molecule has 102 valence electrons. The molecule has 0 aromatic heterocycles. The van der Waals surface area contributed by atoms with E-state index in [0.717, 1.165) is 19.4 Å². The maximum Gasteiger partial charge on any atom is 0.236 e. The van der Waals surface area contributed by atoms with Crippen LogP contribution in [0.3, 0.4) is 0 Å². The first-order chi connectivity index (χ1) is 8.11. The fraction of sp³-hybridized carbons (Fsp3) is 0.917. The van der Waals surface area contributed by atoms with Crippen LogP contribution in [0.1, 0.15) is 26.7 Å². The van der Waals surface area contributed by atoms with Crippen LogP contribution < -0.4 is 10.6 Å². The van der Waals surface area contributed by atoms with Gasteiger partial charge < -0.3 is 20.5 Å². The second-order valence-corrected chi connectivity index (χ2v) is 4.39. The summed E-state index contributed by atoms with van der Waals surface area (Å²) in [6.07, 6.45) is 1.94. The largest absolute Gasteiger partial charge is 0.396 e. The SMILES string of the molecule is COCCNC(=O)C(C)NCCCC(C)CO. The molecule has 0 saturated heterocycles. The van der Waals surface area contributed by atoms with Gasteiger partial charge in [-0.25, -0.2) is 0 Å². The number of amides is 1. The molecule has 2 atom stereocenters. The van der Waals surface area contributed by atoms with Crippen LogP contribution in [0.25, 0.3) is 0 Å². The minimum atomic E-state index is -0.184. The third kappa shape index (κ3) is 9.09. The fourth-order valence-corrected chi connectivity index (χ4v) is 1.38. The quantitative estimate of drug-likeness (QED) is 0.479. The van der Waals surface area contributed by atoms with E-state index in [1.54, 1.807) is 7.11 Å². The summed E-state index contributed by atoms with van der Waals surface area (Å²) in [6.45, 7) is 5.96. The van der Waals surface area contributed by atoms with Crippen molar-refractivity contribution in [1.29, 1.82) is 0 Å². The predicted molar refractivity (Wildman–Crippen MR) is 67.8 cm³/mol. The number of ether oxygens (including phenoxy) is 1. The molecule has 5 heteroatoms. The van der Waals surface area contributed by atoms with Gasteiger partial charge >= 0.3 is 0 Å². The van der Waals surface area contributed by atoms with Crippen molar-refractivity contribution in [3.8, 4) is 0 Å². The number of hydrogen-bond acceptors (Lipinski definition) is 4. The summed E-state index contributed by atoms with van der Waals surface area (Å²) in [5, 5.41) is 14.8. The van der Waals surface area contributed by atoms with Crippen LogP contribution in [0.2, 0.25) is 0 Å².